The summed E-state index contributed by atoms with van der Waals surface area (Å²) in [4.78, 5) is 10.3. The van der Waals surface area contributed by atoms with Crippen LogP contribution >= 0.6 is 0 Å². The van der Waals surface area contributed by atoms with E-state index in [9.17, 15) is 13.2 Å². The van der Waals surface area contributed by atoms with E-state index in [0.717, 1.165) is 4.31 Å². The van der Waals surface area contributed by atoms with Gasteiger partial charge in [-0.05, 0) is 6.92 Å². The molecule has 7 heteroatoms. The second-order valence-electron chi connectivity index (χ2n) is 3.44. The number of rotatable bonds is 7. The molecule has 0 aromatic carbocycles. The highest BCUT2D eigenvalue weighted by Crippen LogP contribution is 2.07. The Kier molecular flexibility index (Phi) is 6.00. The highest BCUT2D eigenvalue weighted by atomic mass is 32.2. The van der Waals surface area contributed by atoms with Crippen molar-refractivity contribution in [2.45, 2.75) is 20.3 Å². The molecule has 0 radical (unpaired) electrons. The Hall–Kier alpha value is -1.13. The van der Waals surface area contributed by atoms with Crippen molar-refractivity contribution in [1.29, 1.82) is 5.26 Å². The number of carboxylic acid groups (broad SMARTS) is 1. The molecule has 16 heavy (non-hydrogen) atoms. The molecule has 1 N–H and O–H groups in total. The summed E-state index contributed by atoms with van der Waals surface area (Å²) >= 11 is 0. The van der Waals surface area contributed by atoms with Crippen molar-refractivity contribution in [1.82, 2.24) is 4.31 Å². The fourth-order valence-electron chi connectivity index (χ4n) is 1.13. The zero-order valence-electron chi connectivity index (χ0n) is 9.38. The standard InChI is InChI=1S/C9H16N2O4S/c1-3-11(7-8(2)6-10)16(14,15)5-4-9(12)13/h8H,3-5,7H2,1-2H3,(H,12,13). The molecule has 0 rings (SSSR count). The van der Waals surface area contributed by atoms with Gasteiger partial charge in [-0.1, -0.05) is 6.92 Å². The van der Waals surface area contributed by atoms with E-state index in [1.165, 1.54) is 0 Å². The van der Waals surface area contributed by atoms with Crippen molar-refractivity contribution < 1.29 is 18.3 Å². The predicted octanol–water partition coefficient (Wildman–Crippen LogP) is 0.272. The first kappa shape index (κ1) is 14.9. The van der Waals surface area contributed by atoms with Gasteiger partial charge in [0.05, 0.1) is 24.2 Å². The first-order valence-electron chi connectivity index (χ1n) is 4.92. The molecule has 0 saturated heterocycles. The summed E-state index contributed by atoms with van der Waals surface area (Å²) in [5.41, 5.74) is 0. The molecule has 0 aromatic heterocycles. The van der Waals surface area contributed by atoms with Crippen LogP contribution in [0.4, 0.5) is 0 Å². The van der Waals surface area contributed by atoms with E-state index in [1.807, 2.05) is 6.07 Å². The molecule has 0 bridgehead atoms. The lowest BCUT2D eigenvalue weighted by Gasteiger charge is -2.20. The molecule has 0 aliphatic heterocycles. The van der Waals surface area contributed by atoms with Gasteiger partial charge in [0.15, 0.2) is 0 Å². The maximum Gasteiger partial charge on any atom is 0.304 e. The molecule has 6 nitrogen and oxygen atoms in total. The maximum atomic E-state index is 11.7. The Balaban J connectivity index is 4.56. The lowest BCUT2D eigenvalue weighted by atomic mass is 10.2. The third-order valence-electron chi connectivity index (χ3n) is 2.02. The minimum atomic E-state index is -3.57. The summed E-state index contributed by atoms with van der Waals surface area (Å²) in [6.07, 6.45) is -0.417. The smallest absolute Gasteiger partial charge is 0.304 e. The summed E-state index contributed by atoms with van der Waals surface area (Å²) in [5, 5.41) is 17.0. The molecule has 0 heterocycles. The van der Waals surface area contributed by atoms with Crippen molar-refractivity contribution >= 4 is 16.0 Å². The van der Waals surface area contributed by atoms with Gasteiger partial charge in [0.2, 0.25) is 10.0 Å². The van der Waals surface area contributed by atoms with Crippen LogP contribution in [-0.2, 0) is 14.8 Å². The van der Waals surface area contributed by atoms with E-state index < -0.39 is 34.1 Å². The van der Waals surface area contributed by atoms with E-state index in [0.29, 0.717) is 0 Å². The van der Waals surface area contributed by atoms with Gasteiger partial charge in [-0.3, -0.25) is 4.79 Å². The number of nitrogens with zero attached hydrogens (tertiary/aromatic N) is 2. The van der Waals surface area contributed by atoms with Crippen LogP contribution in [-0.4, -0.2) is 42.6 Å². The van der Waals surface area contributed by atoms with Gasteiger partial charge in [0.25, 0.3) is 0 Å². The lowest BCUT2D eigenvalue weighted by molar-refractivity contribution is -0.136. The molecule has 1 atom stereocenters. The molecular formula is C9H16N2O4S. The van der Waals surface area contributed by atoms with Gasteiger partial charge >= 0.3 is 5.97 Å². The predicted molar refractivity (Wildman–Crippen MR) is 58.1 cm³/mol. The molecule has 0 aromatic rings. The maximum absolute atomic E-state index is 11.7. The zero-order chi connectivity index (χ0) is 12.8. The largest absolute Gasteiger partial charge is 0.481 e. The van der Waals surface area contributed by atoms with E-state index >= 15 is 0 Å². The van der Waals surface area contributed by atoms with Gasteiger partial charge in [-0.25, -0.2) is 12.7 Å². The van der Waals surface area contributed by atoms with Crippen LogP contribution in [0.15, 0.2) is 0 Å². The van der Waals surface area contributed by atoms with Crippen LogP contribution in [0, 0.1) is 17.2 Å². The molecule has 0 amide bonds. The SMILES string of the molecule is CCN(CC(C)C#N)S(=O)(=O)CCC(=O)O. The topological polar surface area (TPSA) is 98.5 Å². The summed E-state index contributed by atoms with van der Waals surface area (Å²) in [6.45, 7) is 3.63. The number of hydrogen-bond acceptors (Lipinski definition) is 4. The monoisotopic (exact) mass is 248 g/mol. The van der Waals surface area contributed by atoms with Crippen LogP contribution in [0.25, 0.3) is 0 Å². The highest BCUT2D eigenvalue weighted by Gasteiger charge is 2.22. The molecule has 0 fully saturated rings. The normalized spacial score (nSPS) is 13.4. The minimum Gasteiger partial charge on any atom is -0.481 e. The Morgan fingerprint density at radius 1 is 1.56 bits per heavy atom. The number of carboxylic acids is 1. The van der Waals surface area contributed by atoms with Crippen molar-refractivity contribution in [3.05, 3.63) is 0 Å². The molecule has 0 aliphatic carbocycles. The molecule has 0 spiro atoms. The van der Waals surface area contributed by atoms with Crippen LogP contribution < -0.4 is 0 Å². The fourth-order valence-corrected chi connectivity index (χ4v) is 2.67. The second-order valence-corrected chi connectivity index (χ2v) is 5.53. The van der Waals surface area contributed by atoms with Crippen molar-refractivity contribution in [2.24, 2.45) is 5.92 Å². The second kappa shape index (κ2) is 6.45. The Bertz CT molecular complexity index is 371. The van der Waals surface area contributed by atoms with Gasteiger partial charge in [0.1, 0.15) is 0 Å². The lowest BCUT2D eigenvalue weighted by Crippen LogP contribution is -2.36. The highest BCUT2D eigenvalue weighted by molar-refractivity contribution is 7.89. The Labute approximate surface area is 95.5 Å². The van der Waals surface area contributed by atoms with Gasteiger partial charge in [0, 0.05) is 13.1 Å². The third kappa shape index (κ3) is 5.09. The molecular weight excluding hydrogens is 232 g/mol. The van der Waals surface area contributed by atoms with Gasteiger partial charge in [-0.2, -0.15) is 5.26 Å². The number of sulfonamides is 1. The Morgan fingerprint density at radius 3 is 2.50 bits per heavy atom. The van der Waals surface area contributed by atoms with Crippen LogP contribution in [0.2, 0.25) is 0 Å². The van der Waals surface area contributed by atoms with Crippen LogP contribution in [0.5, 0.6) is 0 Å². The first-order valence-corrected chi connectivity index (χ1v) is 6.53. The third-order valence-corrected chi connectivity index (χ3v) is 3.93. The summed E-state index contributed by atoms with van der Waals surface area (Å²) in [6, 6.07) is 1.94. The van der Waals surface area contributed by atoms with E-state index in [2.05, 4.69) is 0 Å². The zero-order valence-corrected chi connectivity index (χ0v) is 10.2. The molecule has 1 unspecified atom stereocenters. The first-order chi connectivity index (χ1) is 7.33. The van der Waals surface area contributed by atoms with Crippen molar-refractivity contribution in [3.8, 4) is 6.07 Å². The molecule has 0 aliphatic rings. The van der Waals surface area contributed by atoms with Gasteiger partial charge in [-0.15, -0.1) is 0 Å². The average molecular weight is 248 g/mol. The van der Waals surface area contributed by atoms with E-state index in [1.54, 1.807) is 13.8 Å². The number of hydrogen-bond donors (Lipinski definition) is 1. The van der Waals surface area contributed by atoms with Crippen molar-refractivity contribution in [3.63, 3.8) is 0 Å². The summed E-state index contributed by atoms with van der Waals surface area (Å²) < 4.78 is 24.5. The Morgan fingerprint density at radius 2 is 2.12 bits per heavy atom. The number of aliphatic carboxylic acids is 1. The molecule has 0 saturated carbocycles. The minimum absolute atomic E-state index is 0.106. The number of nitriles is 1. The van der Waals surface area contributed by atoms with E-state index in [4.69, 9.17) is 10.4 Å². The van der Waals surface area contributed by atoms with Gasteiger partial charge < -0.3 is 5.11 Å². The van der Waals surface area contributed by atoms with Crippen LogP contribution in [0.1, 0.15) is 20.3 Å². The average Bonchev–Trinajstić information content (AvgIpc) is 2.22. The fraction of sp³-hybridized carbons (Fsp3) is 0.778. The number of carbonyl (C=O) groups is 1. The van der Waals surface area contributed by atoms with E-state index in [-0.39, 0.29) is 13.1 Å². The van der Waals surface area contributed by atoms with Crippen molar-refractivity contribution in [2.75, 3.05) is 18.8 Å². The van der Waals surface area contributed by atoms with Crippen LogP contribution in [0.3, 0.4) is 0 Å². The quantitative estimate of drug-likeness (QED) is 0.697. The molecule has 92 valence electrons. The summed E-state index contributed by atoms with van der Waals surface area (Å²) in [5.74, 6) is -1.97. The summed E-state index contributed by atoms with van der Waals surface area (Å²) in [7, 11) is -3.57.